The Bertz CT molecular complexity index is 520. The van der Waals surface area contributed by atoms with Crippen LogP contribution in [0.4, 0.5) is 0 Å². The van der Waals surface area contributed by atoms with Gasteiger partial charge in [0.2, 0.25) is 0 Å². The predicted octanol–water partition coefficient (Wildman–Crippen LogP) is 1.68. The summed E-state index contributed by atoms with van der Waals surface area (Å²) in [6.07, 6.45) is 3.44. The number of likely N-dealkylation sites (tertiary alicyclic amines) is 1. The van der Waals surface area contributed by atoms with Crippen molar-refractivity contribution in [1.82, 2.24) is 10.2 Å². The summed E-state index contributed by atoms with van der Waals surface area (Å²) in [6.45, 7) is 2.58. The number of para-hydroxylation sites is 1. The number of carbonyl (C=O) groups excluding carboxylic acids is 1. The van der Waals surface area contributed by atoms with Crippen LogP contribution in [0.3, 0.4) is 0 Å². The Balaban J connectivity index is 1.71. The number of methoxy groups -OCH3 is 1. The van der Waals surface area contributed by atoms with E-state index in [1.165, 1.54) is 12.8 Å². The maximum atomic E-state index is 12.9. The van der Waals surface area contributed by atoms with Gasteiger partial charge in [0.1, 0.15) is 12.4 Å². The smallest absolute Gasteiger partial charge is 0.257 e. The van der Waals surface area contributed by atoms with Crippen molar-refractivity contribution in [2.45, 2.75) is 31.3 Å². The number of nitrogens with one attached hydrogen (secondary N) is 1. The van der Waals surface area contributed by atoms with Crippen LogP contribution in [0.2, 0.25) is 0 Å². The number of hydrogen-bond acceptors (Lipinski definition) is 4. The lowest BCUT2D eigenvalue weighted by Crippen LogP contribution is -2.39. The van der Waals surface area contributed by atoms with Crippen LogP contribution in [-0.2, 0) is 4.74 Å². The Labute approximate surface area is 131 Å². The maximum absolute atomic E-state index is 12.9. The number of amides is 1. The molecule has 0 aliphatic carbocycles. The lowest BCUT2D eigenvalue weighted by molar-refractivity contribution is 0.0741. The van der Waals surface area contributed by atoms with Crippen LogP contribution in [0.5, 0.6) is 5.75 Å². The quantitative estimate of drug-likeness (QED) is 0.841. The number of ether oxygens (including phenoxy) is 2. The minimum atomic E-state index is 0.0716. The first-order valence-corrected chi connectivity index (χ1v) is 8.04. The number of fused-ring (bicyclic) bond motifs is 2. The van der Waals surface area contributed by atoms with E-state index in [4.69, 9.17) is 9.47 Å². The first-order valence-electron chi connectivity index (χ1n) is 8.04. The molecular weight excluding hydrogens is 280 g/mol. The van der Waals surface area contributed by atoms with Crippen molar-refractivity contribution in [3.8, 4) is 5.75 Å². The summed E-state index contributed by atoms with van der Waals surface area (Å²) in [4.78, 5) is 14.8. The van der Waals surface area contributed by atoms with Gasteiger partial charge in [-0.2, -0.15) is 0 Å². The minimum absolute atomic E-state index is 0.0716. The molecule has 5 nitrogen and oxygen atoms in total. The van der Waals surface area contributed by atoms with Gasteiger partial charge in [-0.1, -0.05) is 12.1 Å². The van der Waals surface area contributed by atoms with Crippen LogP contribution in [0.15, 0.2) is 24.3 Å². The number of carbonyl (C=O) groups is 1. The van der Waals surface area contributed by atoms with Crippen molar-refractivity contribution in [3.05, 3.63) is 29.8 Å². The molecule has 2 unspecified atom stereocenters. The lowest BCUT2D eigenvalue weighted by atomic mass is 10.1. The van der Waals surface area contributed by atoms with Crippen LogP contribution in [0.25, 0.3) is 0 Å². The van der Waals surface area contributed by atoms with Crippen molar-refractivity contribution in [2.24, 2.45) is 0 Å². The number of benzene rings is 1. The summed E-state index contributed by atoms with van der Waals surface area (Å²) in [5.74, 6) is 0.717. The van der Waals surface area contributed by atoms with Gasteiger partial charge in [0.25, 0.3) is 5.91 Å². The summed E-state index contributed by atoms with van der Waals surface area (Å²) in [7, 11) is 1.64. The molecule has 120 valence electrons. The van der Waals surface area contributed by atoms with Gasteiger partial charge in [-0.15, -0.1) is 0 Å². The third-order valence-corrected chi connectivity index (χ3v) is 4.47. The van der Waals surface area contributed by atoms with Crippen LogP contribution in [0.1, 0.15) is 29.6 Å². The van der Waals surface area contributed by atoms with E-state index in [1.807, 2.05) is 29.2 Å². The van der Waals surface area contributed by atoms with Gasteiger partial charge in [0, 0.05) is 32.3 Å². The third-order valence-electron chi connectivity index (χ3n) is 4.47. The van der Waals surface area contributed by atoms with Gasteiger partial charge in [-0.25, -0.2) is 0 Å². The molecule has 1 amide bonds. The first-order chi connectivity index (χ1) is 10.8. The molecule has 0 spiro atoms. The molecule has 1 aromatic carbocycles. The van der Waals surface area contributed by atoms with Gasteiger partial charge >= 0.3 is 0 Å². The van der Waals surface area contributed by atoms with Gasteiger partial charge in [-0.05, 0) is 31.4 Å². The first kappa shape index (κ1) is 15.3. The van der Waals surface area contributed by atoms with Crippen molar-refractivity contribution < 1.29 is 14.3 Å². The average molecular weight is 304 g/mol. The van der Waals surface area contributed by atoms with E-state index in [1.54, 1.807) is 7.11 Å². The average Bonchev–Trinajstić information content (AvgIpc) is 2.87. The molecule has 3 rings (SSSR count). The monoisotopic (exact) mass is 304 g/mol. The van der Waals surface area contributed by atoms with Gasteiger partial charge in [0.15, 0.2) is 0 Å². The Morgan fingerprint density at radius 2 is 2.05 bits per heavy atom. The lowest BCUT2D eigenvalue weighted by Gasteiger charge is -2.25. The van der Waals surface area contributed by atoms with Crippen LogP contribution < -0.4 is 10.1 Å². The Hall–Kier alpha value is -1.59. The maximum Gasteiger partial charge on any atom is 0.257 e. The van der Waals surface area contributed by atoms with Gasteiger partial charge in [0.05, 0.1) is 12.2 Å². The van der Waals surface area contributed by atoms with Crippen LogP contribution >= 0.6 is 0 Å². The van der Waals surface area contributed by atoms with Crippen LogP contribution in [0, 0.1) is 0 Å². The highest BCUT2D eigenvalue weighted by molar-refractivity contribution is 5.97. The predicted molar refractivity (Wildman–Crippen MR) is 84.3 cm³/mol. The Morgan fingerprint density at radius 3 is 2.91 bits per heavy atom. The largest absolute Gasteiger partial charge is 0.490 e. The minimum Gasteiger partial charge on any atom is -0.490 e. The topological polar surface area (TPSA) is 50.8 Å². The SMILES string of the molecule is COCCOc1ccccc1C(=O)N1CCC2CCC(C1)N2. The zero-order chi connectivity index (χ0) is 15.4. The second-order valence-electron chi connectivity index (χ2n) is 6.02. The molecule has 2 saturated heterocycles. The molecule has 0 saturated carbocycles. The highest BCUT2D eigenvalue weighted by Gasteiger charge is 2.32. The zero-order valence-electron chi connectivity index (χ0n) is 13.1. The Kier molecular flexibility index (Phi) is 4.95. The molecule has 2 bridgehead atoms. The molecule has 2 aliphatic rings. The van der Waals surface area contributed by atoms with E-state index in [0.717, 1.165) is 19.5 Å². The van der Waals surface area contributed by atoms with E-state index in [0.29, 0.717) is 36.6 Å². The van der Waals surface area contributed by atoms with E-state index in [-0.39, 0.29) is 5.91 Å². The standard InChI is InChI=1S/C17H24N2O3/c1-21-10-11-22-16-5-3-2-4-15(16)17(20)19-9-8-13-6-7-14(12-19)18-13/h2-5,13-14,18H,6-12H2,1H3. The van der Waals surface area contributed by atoms with E-state index in [9.17, 15) is 4.79 Å². The third kappa shape index (κ3) is 3.42. The van der Waals surface area contributed by atoms with Crippen LogP contribution in [-0.4, -0.2) is 56.3 Å². The molecule has 5 heteroatoms. The van der Waals surface area contributed by atoms with Gasteiger partial charge in [-0.3, -0.25) is 4.79 Å². The van der Waals surface area contributed by atoms with E-state index in [2.05, 4.69) is 5.32 Å². The highest BCUT2D eigenvalue weighted by Crippen LogP contribution is 2.24. The van der Waals surface area contributed by atoms with E-state index < -0.39 is 0 Å². The molecule has 2 aliphatic heterocycles. The summed E-state index contributed by atoms with van der Waals surface area (Å²) >= 11 is 0. The molecular formula is C17H24N2O3. The molecule has 2 atom stereocenters. The van der Waals surface area contributed by atoms with E-state index >= 15 is 0 Å². The summed E-state index contributed by atoms with van der Waals surface area (Å²) in [6, 6.07) is 8.50. The summed E-state index contributed by atoms with van der Waals surface area (Å²) < 4.78 is 10.7. The molecule has 1 aromatic rings. The van der Waals surface area contributed by atoms with Crippen molar-refractivity contribution in [2.75, 3.05) is 33.4 Å². The Morgan fingerprint density at radius 1 is 1.23 bits per heavy atom. The molecule has 2 heterocycles. The second-order valence-corrected chi connectivity index (χ2v) is 6.02. The van der Waals surface area contributed by atoms with Gasteiger partial charge < -0.3 is 19.7 Å². The zero-order valence-corrected chi connectivity index (χ0v) is 13.1. The highest BCUT2D eigenvalue weighted by atomic mass is 16.5. The number of nitrogens with zero attached hydrogens (tertiary/aromatic N) is 1. The summed E-state index contributed by atoms with van der Waals surface area (Å²) in [5, 5.41) is 3.60. The molecule has 22 heavy (non-hydrogen) atoms. The van der Waals surface area contributed by atoms with Crippen molar-refractivity contribution >= 4 is 5.91 Å². The normalized spacial score (nSPS) is 24.1. The fourth-order valence-corrected chi connectivity index (χ4v) is 3.30. The summed E-state index contributed by atoms with van der Waals surface area (Å²) in [5.41, 5.74) is 0.649. The molecule has 1 N–H and O–H groups in total. The molecule has 0 aromatic heterocycles. The second kappa shape index (κ2) is 7.11. The van der Waals surface area contributed by atoms with Crippen molar-refractivity contribution in [3.63, 3.8) is 0 Å². The fourth-order valence-electron chi connectivity index (χ4n) is 3.30. The number of hydrogen-bond donors (Lipinski definition) is 1. The molecule has 2 fully saturated rings. The van der Waals surface area contributed by atoms with Crippen molar-refractivity contribution in [1.29, 1.82) is 0 Å². The molecule has 0 radical (unpaired) electrons. The number of rotatable bonds is 5. The fraction of sp³-hybridized carbons (Fsp3) is 0.588.